The van der Waals surface area contributed by atoms with Crippen LogP contribution in [0.25, 0.3) is 22.8 Å². The third-order valence-corrected chi connectivity index (χ3v) is 6.89. The fourth-order valence-corrected chi connectivity index (χ4v) is 4.43. The minimum absolute atomic E-state index is 0.0948. The summed E-state index contributed by atoms with van der Waals surface area (Å²) in [7, 11) is 1.13. The van der Waals surface area contributed by atoms with Crippen LogP contribution < -0.4 is 4.74 Å². The molecule has 2 aromatic heterocycles. The van der Waals surface area contributed by atoms with Gasteiger partial charge in [0.1, 0.15) is 17.4 Å². The van der Waals surface area contributed by atoms with Gasteiger partial charge in [-0.05, 0) is 29.8 Å². The van der Waals surface area contributed by atoms with E-state index in [9.17, 15) is 48.3 Å². The van der Waals surface area contributed by atoms with Gasteiger partial charge in [-0.2, -0.15) is 57.8 Å². The lowest BCUT2D eigenvalue weighted by molar-refractivity contribution is -0.399. The number of nitrogens with zero attached hydrogens (tertiary/aromatic N) is 4. The summed E-state index contributed by atoms with van der Waals surface area (Å²) in [6.45, 7) is -1.34. The summed E-state index contributed by atoms with van der Waals surface area (Å²) in [6.07, 6.45) is -11.8. The van der Waals surface area contributed by atoms with Crippen LogP contribution in [0.1, 0.15) is 16.7 Å². The first-order chi connectivity index (χ1) is 21.0. The van der Waals surface area contributed by atoms with Crippen molar-refractivity contribution in [2.45, 2.75) is 36.7 Å². The lowest BCUT2D eigenvalue weighted by atomic mass is 9.91. The van der Waals surface area contributed by atoms with Crippen LogP contribution in [0.3, 0.4) is 0 Å². The van der Waals surface area contributed by atoms with Gasteiger partial charge < -0.3 is 4.74 Å². The number of halogens is 15. The van der Waals surface area contributed by atoms with E-state index in [4.69, 9.17) is 27.9 Å². The predicted octanol–water partition coefficient (Wildman–Crippen LogP) is 9.51. The quantitative estimate of drug-likeness (QED) is 0.171. The lowest BCUT2D eigenvalue weighted by Crippen LogP contribution is -2.59. The van der Waals surface area contributed by atoms with Crippen LogP contribution >= 0.6 is 23.2 Å². The van der Waals surface area contributed by atoms with Crippen molar-refractivity contribution < 1.29 is 61.8 Å². The monoisotopic (exact) mass is 714 g/mol. The maximum atomic E-state index is 15.3. The highest BCUT2D eigenvalue weighted by molar-refractivity contribution is 6.33. The van der Waals surface area contributed by atoms with E-state index in [0.717, 1.165) is 23.9 Å². The van der Waals surface area contributed by atoms with Crippen LogP contribution in [-0.4, -0.2) is 37.8 Å². The number of benzene rings is 2. The highest BCUT2D eigenvalue weighted by Crippen LogP contribution is 2.57. The molecule has 0 radical (unpaired) electrons. The summed E-state index contributed by atoms with van der Waals surface area (Å²) in [5.74, 6) is -23.4. The minimum atomic E-state index is -7.27. The molecule has 2 heterocycles. The topological polar surface area (TPSA) is 52.8 Å². The second kappa shape index (κ2) is 11.8. The Morgan fingerprint density at radius 1 is 0.826 bits per heavy atom. The maximum Gasteiger partial charge on any atom is 0.460 e. The van der Waals surface area contributed by atoms with Crippen LogP contribution in [0.4, 0.5) is 57.1 Å². The van der Waals surface area contributed by atoms with Crippen molar-refractivity contribution in [3.8, 4) is 28.7 Å². The summed E-state index contributed by atoms with van der Waals surface area (Å²) in [6, 6.07) is 5.27. The molecule has 2 aromatic carbocycles. The second-order valence-corrected chi connectivity index (χ2v) is 10.2. The van der Waals surface area contributed by atoms with E-state index in [-0.39, 0.29) is 22.8 Å². The van der Waals surface area contributed by atoms with E-state index < -0.39 is 87.3 Å². The fraction of sp³-hybridized carbons (Fsp3) is 0.269. The number of rotatable bonds is 8. The Kier molecular flexibility index (Phi) is 8.97. The molecular weight excluding hydrogens is 702 g/mol. The Labute approximate surface area is 258 Å². The molecule has 0 atom stereocenters. The van der Waals surface area contributed by atoms with Crippen molar-refractivity contribution in [3.63, 3.8) is 0 Å². The van der Waals surface area contributed by atoms with E-state index in [1.54, 1.807) is 0 Å². The first kappa shape index (κ1) is 35.1. The number of hydrogen-bond donors (Lipinski definition) is 0. The van der Waals surface area contributed by atoms with E-state index in [0.29, 0.717) is 12.1 Å². The molecule has 4 rings (SSSR count). The van der Waals surface area contributed by atoms with Gasteiger partial charge in [0.05, 0.1) is 16.1 Å². The number of aryl methyl sites for hydroxylation is 1. The molecule has 0 aliphatic carbocycles. The Hall–Kier alpha value is -3.80. The smallest absolute Gasteiger partial charge is 0.460 e. The summed E-state index contributed by atoms with van der Waals surface area (Å²) < 4.78 is 185. The maximum absolute atomic E-state index is 15.3. The average molecular weight is 715 g/mol. The minimum Gasteiger partial charge on any atom is -0.472 e. The number of hydrogen-bond acceptors (Lipinski definition) is 4. The van der Waals surface area contributed by atoms with E-state index in [1.807, 2.05) is 0 Å². The van der Waals surface area contributed by atoms with Crippen molar-refractivity contribution in [1.29, 1.82) is 0 Å². The van der Waals surface area contributed by atoms with Crippen LogP contribution in [0.5, 0.6) is 5.88 Å². The number of pyridine rings is 1. The predicted molar refractivity (Wildman–Crippen MR) is 135 cm³/mol. The van der Waals surface area contributed by atoms with E-state index >= 15 is 8.78 Å². The first-order valence-electron chi connectivity index (χ1n) is 12.1. The van der Waals surface area contributed by atoms with Crippen molar-refractivity contribution in [3.05, 3.63) is 81.2 Å². The van der Waals surface area contributed by atoms with E-state index in [2.05, 4.69) is 15.1 Å². The Balaban J connectivity index is 1.85. The van der Waals surface area contributed by atoms with Crippen LogP contribution in [0, 0.1) is 5.82 Å². The van der Waals surface area contributed by atoms with Gasteiger partial charge in [0.15, 0.2) is 11.6 Å². The van der Waals surface area contributed by atoms with E-state index in [1.165, 1.54) is 12.1 Å². The highest BCUT2D eigenvalue weighted by atomic mass is 35.5. The van der Waals surface area contributed by atoms with Gasteiger partial charge in [-0.15, -0.1) is 0 Å². The normalized spacial score (nSPS) is 13.3. The fourth-order valence-electron chi connectivity index (χ4n) is 3.96. The van der Waals surface area contributed by atoms with Gasteiger partial charge in [0.2, 0.25) is 5.88 Å². The third kappa shape index (κ3) is 6.15. The van der Waals surface area contributed by atoms with Crippen molar-refractivity contribution >= 4 is 23.2 Å². The first-order valence-corrected chi connectivity index (χ1v) is 12.8. The average Bonchev–Trinajstić information content (AvgIpc) is 3.31. The number of ether oxygens (including phenoxy) is 1. The molecule has 46 heavy (non-hydrogen) atoms. The molecule has 0 bridgehead atoms. The molecule has 4 aromatic rings. The number of alkyl halides is 12. The molecular formula is C26H13Cl2F13N4O. The molecule has 0 fully saturated rings. The summed E-state index contributed by atoms with van der Waals surface area (Å²) in [5, 5.41) is 2.82. The highest BCUT2D eigenvalue weighted by Gasteiger charge is 2.82. The SMILES string of the molecule is Cn1nc(-c2c(F)cccc2Cl)nc1-c1ccc(COc2ncc(C(F)(F)F)cc2Cl)c(C(F)(F)C(F)(F)C(F)(F)C(F)(F)F)c1. The molecule has 0 amide bonds. The van der Waals surface area contributed by atoms with Gasteiger partial charge in [-0.1, -0.05) is 41.4 Å². The zero-order chi connectivity index (χ0) is 34.6. The van der Waals surface area contributed by atoms with Crippen molar-refractivity contribution in [2.75, 3.05) is 0 Å². The molecule has 5 nitrogen and oxygen atoms in total. The van der Waals surface area contributed by atoms with Gasteiger partial charge in [-0.25, -0.2) is 19.0 Å². The standard InChI is InChI=1S/C26H13Cl2F13N4O/c1-45-20(43-19(44-45)18-15(27)3-2-4-17(18)29)11-5-6-12(10-46-21-16(28)8-13(9-42-21)23(32,33)34)14(7-11)22(30,31)24(35,36)25(37,38)26(39,40)41/h2-9H,10H2,1H3. The van der Waals surface area contributed by atoms with Crippen LogP contribution in [0.2, 0.25) is 10.0 Å². The second-order valence-electron chi connectivity index (χ2n) is 9.37. The molecule has 0 saturated heterocycles. The Morgan fingerprint density at radius 2 is 1.48 bits per heavy atom. The molecule has 0 aliphatic rings. The van der Waals surface area contributed by atoms with Crippen molar-refractivity contribution in [2.24, 2.45) is 7.05 Å². The zero-order valence-electron chi connectivity index (χ0n) is 22.2. The van der Waals surface area contributed by atoms with Crippen molar-refractivity contribution in [1.82, 2.24) is 19.7 Å². The van der Waals surface area contributed by atoms with Gasteiger partial charge in [0.25, 0.3) is 0 Å². The number of aromatic nitrogens is 4. The largest absolute Gasteiger partial charge is 0.472 e. The third-order valence-electron chi connectivity index (χ3n) is 6.30. The van der Waals surface area contributed by atoms with Crippen LogP contribution in [0.15, 0.2) is 48.7 Å². The molecule has 0 N–H and O–H groups in total. The molecule has 0 spiro atoms. The van der Waals surface area contributed by atoms with Gasteiger partial charge >= 0.3 is 30.1 Å². The van der Waals surface area contributed by atoms with Gasteiger partial charge in [-0.3, -0.25) is 0 Å². The molecule has 248 valence electrons. The Bertz CT molecular complexity index is 1750. The summed E-state index contributed by atoms with van der Waals surface area (Å²) in [4.78, 5) is 7.18. The zero-order valence-corrected chi connectivity index (χ0v) is 23.7. The van der Waals surface area contributed by atoms with Crippen LogP contribution in [-0.2, 0) is 25.8 Å². The lowest BCUT2D eigenvalue weighted by Gasteiger charge is -2.34. The Morgan fingerprint density at radius 3 is 2.04 bits per heavy atom. The summed E-state index contributed by atoms with van der Waals surface area (Å²) >= 11 is 11.7. The molecule has 0 unspecified atom stereocenters. The molecule has 20 heteroatoms. The summed E-state index contributed by atoms with van der Waals surface area (Å²) in [5.41, 5.74) is -5.61. The molecule has 0 saturated carbocycles. The van der Waals surface area contributed by atoms with Gasteiger partial charge in [0, 0.05) is 24.4 Å². The molecule has 0 aliphatic heterocycles.